The van der Waals surface area contributed by atoms with Gasteiger partial charge in [-0.2, -0.15) is 11.8 Å². The van der Waals surface area contributed by atoms with Crippen molar-refractivity contribution in [2.75, 3.05) is 32.1 Å². The van der Waals surface area contributed by atoms with Crippen LogP contribution in [-0.4, -0.2) is 44.0 Å². The first kappa shape index (κ1) is 19.3. The van der Waals surface area contributed by atoms with Gasteiger partial charge in [0.05, 0.1) is 13.2 Å². The number of morpholine rings is 1. The van der Waals surface area contributed by atoms with Gasteiger partial charge in [-0.3, -0.25) is 4.79 Å². The second kappa shape index (κ2) is 10.9. The maximum Gasteiger partial charge on any atom is 0.221 e. The molecule has 2 N–H and O–H groups in total. The van der Waals surface area contributed by atoms with E-state index in [0.717, 1.165) is 31.2 Å². The molecule has 1 saturated heterocycles. The van der Waals surface area contributed by atoms with E-state index >= 15 is 0 Å². The Morgan fingerprint density at radius 3 is 2.86 bits per heavy atom. The lowest BCUT2D eigenvalue weighted by Gasteiger charge is -2.23. The van der Waals surface area contributed by atoms with Gasteiger partial charge in [0, 0.05) is 37.1 Å². The van der Waals surface area contributed by atoms with Crippen molar-refractivity contribution in [3.63, 3.8) is 0 Å². The molecule has 0 radical (unpaired) electrons. The highest BCUT2D eigenvalue weighted by atomic mass is 35.5. The second-order valence-corrected chi connectivity index (χ2v) is 6.42. The Kier molecular flexibility index (Phi) is 9.55. The van der Waals surface area contributed by atoms with E-state index in [4.69, 9.17) is 4.74 Å². The number of thioether (sulfide) groups is 1. The van der Waals surface area contributed by atoms with E-state index in [1.54, 1.807) is 0 Å². The maximum atomic E-state index is 11.8. The molecule has 0 bridgehead atoms. The van der Waals surface area contributed by atoms with Crippen molar-refractivity contribution in [1.29, 1.82) is 0 Å². The number of carbonyl (C=O) groups is 1. The first-order valence-corrected chi connectivity index (χ1v) is 8.60. The van der Waals surface area contributed by atoms with Crippen molar-refractivity contribution >= 4 is 30.1 Å². The van der Waals surface area contributed by atoms with Gasteiger partial charge >= 0.3 is 0 Å². The quantitative estimate of drug-likeness (QED) is 0.744. The van der Waals surface area contributed by atoms with Crippen LogP contribution in [0.4, 0.5) is 0 Å². The Bertz CT molecular complexity index is 436. The average Bonchev–Trinajstić information content (AvgIpc) is 2.50. The van der Waals surface area contributed by atoms with Crippen molar-refractivity contribution in [2.24, 2.45) is 0 Å². The van der Waals surface area contributed by atoms with Crippen LogP contribution in [0.25, 0.3) is 0 Å². The zero-order chi connectivity index (χ0) is 14.9. The van der Waals surface area contributed by atoms with E-state index in [0.29, 0.717) is 13.0 Å². The van der Waals surface area contributed by atoms with E-state index in [9.17, 15) is 4.79 Å². The first-order chi connectivity index (χ1) is 10.2. The minimum absolute atomic E-state index is 0. The van der Waals surface area contributed by atoms with Crippen LogP contribution in [0.3, 0.4) is 0 Å². The van der Waals surface area contributed by atoms with Crippen LogP contribution >= 0.6 is 24.2 Å². The molecule has 1 amide bonds. The normalized spacial score (nSPS) is 17.6. The number of nitrogens with one attached hydrogen (secondary N) is 2. The molecular formula is C16H25ClN2O2S. The molecule has 1 aromatic carbocycles. The fourth-order valence-electron chi connectivity index (χ4n) is 2.18. The molecule has 4 nitrogen and oxygen atoms in total. The van der Waals surface area contributed by atoms with Crippen molar-refractivity contribution in [1.82, 2.24) is 10.6 Å². The summed E-state index contributed by atoms with van der Waals surface area (Å²) in [6.07, 6.45) is 0.503. The topological polar surface area (TPSA) is 50.4 Å². The molecule has 0 aliphatic carbocycles. The van der Waals surface area contributed by atoms with Crippen LogP contribution in [0.15, 0.2) is 24.3 Å². The monoisotopic (exact) mass is 344 g/mol. The highest BCUT2D eigenvalue weighted by Crippen LogP contribution is 2.12. The summed E-state index contributed by atoms with van der Waals surface area (Å²) in [5.41, 5.74) is 2.62. The lowest BCUT2D eigenvalue weighted by Crippen LogP contribution is -2.44. The number of hydrogen-bond acceptors (Lipinski definition) is 4. The summed E-state index contributed by atoms with van der Waals surface area (Å²) in [5.74, 6) is 2.04. The molecule has 1 heterocycles. The molecule has 0 saturated carbocycles. The Hall–Kier alpha value is -0.750. The third-order valence-electron chi connectivity index (χ3n) is 3.39. The van der Waals surface area contributed by atoms with Crippen molar-refractivity contribution in [3.05, 3.63) is 35.4 Å². The zero-order valence-electron chi connectivity index (χ0n) is 13.0. The molecule has 22 heavy (non-hydrogen) atoms. The van der Waals surface area contributed by atoms with Gasteiger partial charge in [-0.05, 0) is 12.5 Å². The van der Waals surface area contributed by atoms with Crippen molar-refractivity contribution in [2.45, 2.75) is 25.1 Å². The van der Waals surface area contributed by atoms with Crippen LogP contribution in [0, 0.1) is 6.92 Å². The molecular weight excluding hydrogens is 320 g/mol. The Morgan fingerprint density at radius 1 is 1.41 bits per heavy atom. The molecule has 0 aromatic heterocycles. The van der Waals surface area contributed by atoms with Gasteiger partial charge in [0.15, 0.2) is 0 Å². The summed E-state index contributed by atoms with van der Waals surface area (Å²) < 4.78 is 5.34. The Morgan fingerprint density at radius 2 is 2.18 bits per heavy atom. The lowest BCUT2D eigenvalue weighted by molar-refractivity contribution is -0.122. The molecule has 1 fully saturated rings. The van der Waals surface area contributed by atoms with Gasteiger partial charge in [-0.1, -0.05) is 29.8 Å². The molecule has 124 valence electrons. The van der Waals surface area contributed by atoms with E-state index in [2.05, 4.69) is 41.8 Å². The predicted octanol–water partition coefficient (Wildman–Crippen LogP) is 2.14. The summed E-state index contributed by atoms with van der Waals surface area (Å²) in [7, 11) is 0. The number of hydrogen-bond donors (Lipinski definition) is 2. The standard InChI is InChI=1S/C16H24N2O2S.ClH/c1-13-2-4-14(5-3-13)12-21-9-7-18-16(19)10-15-11-20-8-6-17-15;/h2-5,15,17H,6-12H2,1H3,(H,18,19);1H. The third kappa shape index (κ3) is 7.49. The highest BCUT2D eigenvalue weighted by Gasteiger charge is 2.16. The summed E-state index contributed by atoms with van der Waals surface area (Å²) in [5, 5.41) is 6.26. The summed E-state index contributed by atoms with van der Waals surface area (Å²) >= 11 is 1.85. The number of benzene rings is 1. The van der Waals surface area contributed by atoms with Crippen molar-refractivity contribution < 1.29 is 9.53 Å². The largest absolute Gasteiger partial charge is 0.378 e. The molecule has 1 unspecified atom stereocenters. The fourth-order valence-corrected chi connectivity index (χ4v) is 3.00. The van der Waals surface area contributed by atoms with Gasteiger partial charge < -0.3 is 15.4 Å². The number of amides is 1. The van der Waals surface area contributed by atoms with Gasteiger partial charge in [-0.15, -0.1) is 12.4 Å². The van der Waals surface area contributed by atoms with Crippen LogP contribution in [0.2, 0.25) is 0 Å². The van der Waals surface area contributed by atoms with E-state index < -0.39 is 0 Å². The summed E-state index contributed by atoms with van der Waals surface area (Å²) in [6.45, 7) is 5.04. The minimum Gasteiger partial charge on any atom is -0.378 e. The second-order valence-electron chi connectivity index (χ2n) is 5.32. The van der Waals surface area contributed by atoms with Gasteiger partial charge in [-0.25, -0.2) is 0 Å². The molecule has 1 aromatic rings. The SMILES string of the molecule is Cc1ccc(CSCCNC(=O)CC2COCCN2)cc1.Cl. The number of carbonyl (C=O) groups excluding carboxylic acids is 1. The average molecular weight is 345 g/mol. The Labute approximate surface area is 143 Å². The van der Waals surface area contributed by atoms with Crippen LogP contribution in [0.5, 0.6) is 0 Å². The van der Waals surface area contributed by atoms with Crippen molar-refractivity contribution in [3.8, 4) is 0 Å². The minimum atomic E-state index is 0. The lowest BCUT2D eigenvalue weighted by atomic mass is 10.2. The van der Waals surface area contributed by atoms with Crippen LogP contribution in [-0.2, 0) is 15.3 Å². The molecule has 1 atom stereocenters. The highest BCUT2D eigenvalue weighted by molar-refractivity contribution is 7.98. The van der Waals surface area contributed by atoms with Gasteiger partial charge in [0.2, 0.25) is 5.91 Å². The molecule has 1 aliphatic heterocycles. The van der Waals surface area contributed by atoms with Gasteiger partial charge in [0.1, 0.15) is 0 Å². The molecule has 1 aliphatic rings. The number of rotatable bonds is 7. The van der Waals surface area contributed by atoms with E-state index in [1.165, 1.54) is 11.1 Å². The first-order valence-electron chi connectivity index (χ1n) is 7.45. The smallest absolute Gasteiger partial charge is 0.221 e. The number of ether oxygens (including phenoxy) is 1. The molecule has 2 rings (SSSR count). The van der Waals surface area contributed by atoms with Crippen LogP contribution < -0.4 is 10.6 Å². The zero-order valence-corrected chi connectivity index (χ0v) is 14.6. The van der Waals surface area contributed by atoms with E-state index in [-0.39, 0.29) is 24.4 Å². The Balaban J connectivity index is 0.00000242. The van der Waals surface area contributed by atoms with E-state index in [1.807, 2.05) is 11.8 Å². The summed E-state index contributed by atoms with van der Waals surface area (Å²) in [4.78, 5) is 11.8. The maximum absolute atomic E-state index is 11.8. The third-order valence-corrected chi connectivity index (χ3v) is 4.42. The molecule has 0 spiro atoms. The number of halogens is 1. The fraction of sp³-hybridized carbons (Fsp3) is 0.562. The van der Waals surface area contributed by atoms with Gasteiger partial charge in [0.25, 0.3) is 0 Å². The number of aryl methyl sites for hydroxylation is 1. The molecule has 6 heteroatoms. The predicted molar refractivity (Wildman–Crippen MR) is 94.8 cm³/mol. The summed E-state index contributed by atoms with van der Waals surface area (Å²) in [6, 6.07) is 8.76. The van der Waals surface area contributed by atoms with Crippen LogP contribution in [0.1, 0.15) is 17.5 Å².